The molecule has 0 atom stereocenters. The van der Waals surface area contributed by atoms with E-state index in [2.05, 4.69) is 9.39 Å². The van der Waals surface area contributed by atoms with Crippen LogP contribution in [0.1, 0.15) is 31.9 Å². The van der Waals surface area contributed by atoms with Crippen molar-refractivity contribution in [1.29, 1.82) is 0 Å². The fraction of sp³-hybridized carbons (Fsp3) is 0.208. The third kappa shape index (κ3) is 4.89. The van der Waals surface area contributed by atoms with Crippen molar-refractivity contribution in [3.05, 3.63) is 89.0 Å². The standard InChI is InChI=1S/C24H24N2O3S/c1-16(2)21-15-22(18(4)14-23(21)27)25-24(19-8-6-5-7-9-19)26-30(28,29)20-12-10-17(3)11-13-20/h5-16H,1-4H3/b25-22?,26-24-. The topological polar surface area (TPSA) is 75.9 Å². The number of amidine groups is 1. The third-order valence-electron chi connectivity index (χ3n) is 4.73. The van der Waals surface area contributed by atoms with Crippen molar-refractivity contribution in [2.45, 2.75) is 32.6 Å². The van der Waals surface area contributed by atoms with Gasteiger partial charge in [0, 0.05) is 11.1 Å². The van der Waals surface area contributed by atoms with Gasteiger partial charge < -0.3 is 0 Å². The first-order valence-electron chi connectivity index (χ1n) is 9.68. The van der Waals surface area contributed by atoms with Crippen LogP contribution in [0.2, 0.25) is 0 Å². The van der Waals surface area contributed by atoms with E-state index < -0.39 is 10.0 Å². The Balaban J connectivity index is 2.16. The number of aliphatic imine (C=N–C) groups is 1. The zero-order chi connectivity index (χ0) is 21.9. The van der Waals surface area contributed by atoms with Gasteiger partial charge in [0.05, 0.1) is 10.6 Å². The van der Waals surface area contributed by atoms with Gasteiger partial charge in [-0.3, -0.25) is 4.79 Å². The molecule has 0 fully saturated rings. The van der Waals surface area contributed by atoms with Crippen LogP contribution in [0.3, 0.4) is 0 Å². The Kier molecular flexibility index (Phi) is 6.27. The normalized spacial score (nSPS) is 16.6. The van der Waals surface area contributed by atoms with Crippen LogP contribution in [-0.4, -0.2) is 25.7 Å². The summed E-state index contributed by atoms with van der Waals surface area (Å²) in [6, 6.07) is 15.5. The van der Waals surface area contributed by atoms with E-state index in [-0.39, 0.29) is 22.4 Å². The van der Waals surface area contributed by atoms with E-state index >= 15 is 0 Å². The van der Waals surface area contributed by atoms with Crippen LogP contribution >= 0.6 is 0 Å². The van der Waals surface area contributed by atoms with Crippen LogP contribution in [0, 0.1) is 12.8 Å². The minimum Gasteiger partial charge on any atom is -0.290 e. The van der Waals surface area contributed by atoms with Crippen LogP contribution in [0.4, 0.5) is 0 Å². The Hall–Kier alpha value is -3.12. The molecule has 6 heteroatoms. The fourth-order valence-electron chi connectivity index (χ4n) is 2.97. The molecule has 0 saturated heterocycles. The Morgan fingerprint density at radius 1 is 0.900 bits per heavy atom. The van der Waals surface area contributed by atoms with Crippen LogP contribution in [0.25, 0.3) is 0 Å². The van der Waals surface area contributed by atoms with Gasteiger partial charge in [0.15, 0.2) is 11.6 Å². The average molecular weight is 421 g/mol. The molecule has 0 aliphatic heterocycles. The molecule has 0 heterocycles. The minimum atomic E-state index is -3.96. The zero-order valence-electron chi connectivity index (χ0n) is 17.5. The number of carbonyl (C=O) groups is 1. The number of benzene rings is 2. The lowest BCUT2D eigenvalue weighted by molar-refractivity contribution is -0.111. The van der Waals surface area contributed by atoms with Crippen LogP contribution in [0.5, 0.6) is 0 Å². The summed E-state index contributed by atoms with van der Waals surface area (Å²) in [5.41, 5.74) is 3.36. The zero-order valence-corrected chi connectivity index (χ0v) is 18.3. The highest BCUT2D eigenvalue weighted by atomic mass is 32.2. The molecule has 0 N–H and O–H groups in total. The SMILES string of the molecule is CC1=CC(=O)C(C(C)C)=CC1=N/C(=N\S(=O)(=O)c1ccc(C)cc1)c1ccccc1. The summed E-state index contributed by atoms with van der Waals surface area (Å²) in [5, 5.41) is 0. The van der Waals surface area contributed by atoms with Gasteiger partial charge in [-0.2, -0.15) is 8.42 Å². The number of hydrogen-bond donors (Lipinski definition) is 0. The van der Waals surface area contributed by atoms with Gasteiger partial charge in [-0.1, -0.05) is 61.9 Å². The molecule has 0 spiro atoms. The maximum Gasteiger partial charge on any atom is 0.284 e. The molecule has 0 bridgehead atoms. The molecule has 2 aromatic rings. The first-order chi connectivity index (χ1) is 14.2. The highest BCUT2D eigenvalue weighted by Gasteiger charge is 2.21. The van der Waals surface area contributed by atoms with Crippen molar-refractivity contribution in [3.8, 4) is 0 Å². The number of nitrogens with zero attached hydrogens (tertiary/aromatic N) is 2. The smallest absolute Gasteiger partial charge is 0.284 e. The van der Waals surface area contributed by atoms with E-state index in [1.807, 2.05) is 26.8 Å². The van der Waals surface area contributed by atoms with Gasteiger partial charge in [-0.15, -0.1) is 4.40 Å². The number of allylic oxidation sites excluding steroid dienone is 4. The Morgan fingerprint density at radius 3 is 2.13 bits per heavy atom. The largest absolute Gasteiger partial charge is 0.290 e. The molecular weight excluding hydrogens is 396 g/mol. The van der Waals surface area contributed by atoms with Crippen LogP contribution < -0.4 is 0 Å². The minimum absolute atomic E-state index is 0.0282. The van der Waals surface area contributed by atoms with Gasteiger partial charge in [-0.25, -0.2) is 4.99 Å². The maximum absolute atomic E-state index is 12.9. The molecule has 0 radical (unpaired) electrons. The Labute approximate surface area is 177 Å². The highest BCUT2D eigenvalue weighted by Crippen LogP contribution is 2.21. The summed E-state index contributed by atoms with van der Waals surface area (Å²) >= 11 is 0. The first kappa shape index (κ1) is 21.6. The van der Waals surface area contributed by atoms with Gasteiger partial charge in [0.25, 0.3) is 10.0 Å². The van der Waals surface area contributed by atoms with Crippen molar-refractivity contribution in [2.24, 2.45) is 15.3 Å². The summed E-state index contributed by atoms with van der Waals surface area (Å²) in [7, 11) is -3.96. The van der Waals surface area contributed by atoms with E-state index in [9.17, 15) is 13.2 Å². The summed E-state index contributed by atoms with van der Waals surface area (Å²) in [6.07, 6.45) is 3.25. The average Bonchev–Trinajstić information content (AvgIpc) is 2.70. The molecule has 30 heavy (non-hydrogen) atoms. The van der Waals surface area contributed by atoms with E-state index in [1.165, 1.54) is 18.2 Å². The molecule has 0 amide bonds. The van der Waals surface area contributed by atoms with Crippen molar-refractivity contribution in [1.82, 2.24) is 0 Å². The van der Waals surface area contributed by atoms with E-state index in [0.29, 0.717) is 22.4 Å². The maximum atomic E-state index is 12.9. The van der Waals surface area contributed by atoms with Crippen LogP contribution in [0.15, 0.2) is 92.2 Å². The monoisotopic (exact) mass is 420 g/mol. The van der Waals surface area contributed by atoms with Crippen molar-refractivity contribution in [3.63, 3.8) is 0 Å². The molecule has 154 valence electrons. The van der Waals surface area contributed by atoms with E-state index in [1.54, 1.807) is 49.4 Å². The molecule has 1 aliphatic carbocycles. The molecule has 2 aromatic carbocycles. The van der Waals surface area contributed by atoms with Crippen LogP contribution in [-0.2, 0) is 14.8 Å². The summed E-state index contributed by atoms with van der Waals surface area (Å²) in [5.74, 6) is 0.0556. The second-order valence-corrected chi connectivity index (χ2v) is 9.12. The quantitative estimate of drug-likeness (QED) is 0.409. The fourth-order valence-corrected chi connectivity index (χ4v) is 3.93. The van der Waals surface area contributed by atoms with Gasteiger partial charge in [0.1, 0.15) is 0 Å². The van der Waals surface area contributed by atoms with E-state index in [0.717, 1.165) is 5.56 Å². The van der Waals surface area contributed by atoms with Gasteiger partial charge in [0.2, 0.25) is 0 Å². The number of aryl methyl sites for hydroxylation is 1. The number of hydrogen-bond acceptors (Lipinski definition) is 3. The lowest BCUT2D eigenvalue weighted by atomic mass is 9.90. The lowest BCUT2D eigenvalue weighted by Gasteiger charge is -2.15. The molecular formula is C24H24N2O3S. The molecule has 1 aliphatic rings. The number of carbonyl (C=O) groups excluding carboxylic acids is 1. The third-order valence-corrected chi connectivity index (χ3v) is 6.02. The number of rotatable bonds is 4. The second-order valence-electron chi connectivity index (χ2n) is 7.51. The van der Waals surface area contributed by atoms with Gasteiger partial charge in [-0.05, 0) is 49.6 Å². The molecule has 0 unspecified atom stereocenters. The predicted molar refractivity (Wildman–Crippen MR) is 120 cm³/mol. The summed E-state index contributed by atoms with van der Waals surface area (Å²) < 4.78 is 29.9. The molecule has 3 rings (SSSR count). The second kappa shape index (κ2) is 8.71. The number of sulfonamides is 1. The van der Waals surface area contributed by atoms with E-state index in [4.69, 9.17) is 0 Å². The molecule has 0 aromatic heterocycles. The van der Waals surface area contributed by atoms with Crippen molar-refractivity contribution in [2.75, 3.05) is 0 Å². The summed E-state index contributed by atoms with van der Waals surface area (Å²) in [6.45, 7) is 7.54. The number of ketones is 1. The van der Waals surface area contributed by atoms with Crippen molar-refractivity contribution >= 4 is 27.4 Å². The predicted octanol–water partition coefficient (Wildman–Crippen LogP) is 4.68. The molecule has 0 saturated carbocycles. The van der Waals surface area contributed by atoms with Crippen molar-refractivity contribution < 1.29 is 13.2 Å². The first-order valence-corrected chi connectivity index (χ1v) is 11.1. The molecule has 5 nitrogen and oxygen atoms in total. The highest BCUT2D eigenvalue weighted by molar-refractivity contribution is 7.90. The Morgan fingerprint density at radius 2 is 1.53 bits per heavy atom. The summed E-state index contributed by atoms with van der Waals surface area (Å²) in [4.78, 5) is 16.9. The Bertz CT molecular complexity index is 1180. The van der Waals surface area contributed by atoms with Gasteiger partial charge >= 0.3 is 0 Å². The lowest BCUT2D eigenvalue weighted by Crippen LogP contribution is -2.17.